The van der Waals surface area contributed by atoms with Crippen LogP contribution in [0, 0.1) is 5.41 Å². The molecular weight excluding hydrogens is 196 g/mol. The smallest absolute Gasteiger partial charge is 0.0596 e. The number of hydrogen-bond donors (Lipinski definition) is 1. The summed E-state index contributed by atoms with van der Waals surface area (Å²) in [5.74, 6) is 0. The highest BCUT2D eigenvalue weighted by molar-refractivity contribution is 5.17. The second-order valence-electron chi connectivity index (χ2n) is 4.66. The van der Waals surface area contributed by atoms with Crippen molar-refractivity contribution in [1.29, 1.82) is 0 Å². The van der Waals surface area contributed by atoms with Gasteiger partial charge in [0.05, 0.1) is 6.10 Å². The van der Waals surface area contributed by atoms with Gasteiger partial charge in [-0.1, -0.05) is 51.1 Å². The molecule has 1 nitrogen and oxygen atoms in total. The van der Waals surface area contributed by atoms with Crippen molar-refractivity contribution in [3.05, 3.63) is 35.9 Å². The molecule has 0 saturated carbocycles. The lowest BCUT2D eigenvalue weighted by molar-refractivity contribution is 0.0147. The summed E-state index contributed by atoms with van der Waals surface area (Å²) >= 11 is 0. The van der Waals surface area contributed by atoms with Crippen molar-refractivity contribution in [2.24, 2.45) is 5.41 Å². The fourth-order valence-electron chi connectivity index (χ4n) is 2.52. The molecule has 0 aromatic heterocycles. The van der Waals surface area contributed by atoms with E-state index in [1.165, 1.54) is 5.56 Å². The average molecular weight is 220 g/mol. The first-order valence-corrected chi connectivity index (χ1v) is 6.40. The summed E-state index contributed by atoms with van der Waals surface area (Å²) in [6.07, 6.45) is 3.70. The van der Waals surface area contributed by atoms with Crippen LogP contribution in [-0.2, 0) is 6.42 Å². The number of rotatable bonds is 6. The molecule has 0 amide bonds. The van der Waals surface area contributed by atoms with Crippen molar-refractivity contribution in [3.8, 4) is 0 Å². The van der Waals surface area contributed by atoms with E-state index < -0.39 is 0 Å². The number of benzene rings is 1. The largest absolute Gasteiger partial charge is 0.393 e. The first-order chi connectivity index (χ1) is 7.68. The summed E-state index contributed by atoms with van der Waals surface area (Å²) in [5.41, 5.74) is 1.38. The summed E-state index contributed by atoms with van der Waals surface area (Å²) in [6, 6.07) is 10.5. The first kappa shape index (κ1) is 13.2. The first-order valence-electron chi connectivity index (χ1n) is 6.40. The molecule has 1 unspecified atom stereocenters. The molecular formula is C15H24O. The van der Waals surface area contributed by atoms with E-state index in [0.717, 1.165) is 25.7 Å². The van der Waals surface area contributed by atoms with Crippen LogP contribution in [0.2, 0.25) is 0 Å². The molecule has 1 atom stereocenters. The van der Waals surface area contributed by atoms with Crippen molar-refractivity contribution < 1.29 is 5.11 Å². The minimum Gasteiger partial charge on any atom is -0.393 e. The number of hydrogen-bond acceptors (Lipinski definition) is 1. The highest BCUT2D eigenvalue weighted by Crippen LogP contribution is 2.36. The Hall–Kier alpha value is -0.820. The Balaban J connectivity index is 2.86. The minimum atomic E-state index is -0.192. The van der Waals surface area contributed by atoms with Crippen LogP contribution in [0.1, 0.15) is 45.6 Å². The van der Waals surface area contributed by atoms with Gasteiger partial charge in [-0.15, -0.1) is 0 Å². The third-order valence-electron chi connectivity index (χ3n) is 3.90. The molecule has 0 aliphatic carbocycles. The van der Waals surface area contributed by atoms with Gasteiger partial charge in [-0.05, 0) is 36.7 Å². The minimum absolute atomic E-state index is 0.0517. The van der Waals surface area contributed by atoms with Crippen LogP contribution < -0.4 is 0 Å². The van der Waals surface area contributed by atoms with Crippen molar-refractivity contribution in [2.75, 3.05) is 0 Å². The molecule has 1 rings (SSSR count). The Morgan fingerprint density at radius 1 is 1.06 bits per heavy atom. The third-order valence-corrected chi connectivity index (χ3v) is 3.90. The second-order valence-corrected chi connectivity index (χ2v) is 4.66. The average Bonchev–Trinajstić information content (AvgIpc) is 2.36. The fourth-order valence-corrected chi connectivity index (χ4v) is 2.52. The summed E-state index contributed by atoms with van der Waals surface area (Å²) in [6.45, 7) is 6.44. The van der Waals surface area contributed by atoms with Gasteiger partial charge in [0.25, 0.3) is 0 Å². The van der Waals surface area contributed by atoms with E-state index >= 15 is 0 Å². The van der Waals surface area contributed by atoms with Gasteiger partial charge in [-0.2, -0.15) is 0 Å². The molecule has 1 heteroatoms. The SMILES string of the molecule is CCC(O)C(CC)(CC)Cc1ccccc1. The van der Waals surface area contributed by atoms with E-state index in [9.17, 15) is 5.11 Å². The molecule has 0 aliphatic heterocycles. The van der Waals surface area contributed by atoms with Crippen molar-refractivity contribution in [1.82, 2.24) is 0 Å². The lowest BCUT2D eigenvalue weighted by Gasteiger charge is -2.36. The number of aliphatic hydroxyl groups is 1. The summed E-state index contributed by atoms with van der Waals surface area (Å²) in [4.78, 5) is 0. The molecule has 0 aliphatic rings. The maximum Gasteiger partial charge on any atom is 0.0596 e. The summed E-state index contributed by atoms with van der Waals surface area (Å²) in [7, 11) is 0. The van der Waals surface area contributed by atoms with Crippen LogP contribution >= 0.6 is 0 Å². The quantitative estimate of drug-likeness (QED) is 0.773. The van der Waals surface area contributed by atoms with E-state index in [1.54, 1.807) is 0 Å². The van der Waals surface area contributed by atoms with Gasteiger partial charge < -0.3 is 5.11 Å². The van der Waals surface area contributed by atoms with Gasteiger partial charge in [0.1, 0.15) is 0 Å². The van der Waals surface area contributed by atoms with E-state index in [0.29, 0.717) is 0 Å². The molecule has 1 N–H and O–H groups in total. The predicted octanol–water partition coefficient (Wildman–Crippen LogP) is 3.81. The standard InChI is InChI=1S/C15H24O/c1-4-14(16)15(5-2,6-3)12-13-10-8-7-9-11-13/h7-11,14,16H,4-6,12H2,1-3H3. The van der Waals surface area contributed by atoms with Crippen LogP contribution in [0.15, 0.2) is 30.3 Å². The van der Waals surface area contributed by atoms with Crippen LogP contribution in [0.25, 0.3) is 0 Å². The molecule has 0 fully saturated rings. The second kappa shape index (κ2) is 6.05. The number of aliphatic hydroxyl groups excluding tert-OH is 1. The van der Waals surface area contributed by atoms with E-state index in [4.69, 9.17) is 0 Å². The maximum absolute atomic E-state index is 10.2. The maximum atomic E-state index is 10.2. The summed E-state index contributed by atoms with van der Waals surface area (Å²) < 4.78 is 0. The zero-order chi connectivity index (χ0) is 12.0. The lowest BCUT2D eigenvalue weighted by atomic mass is 9.72. The van der Waals surface area contributed by atoms with E-state index in [1.807, 2.05) is 6.07 Å². The van der Waals surface area contributed by atoms with Crippen LogP contribution in [-0.4, -0.2) is 11.2 Å². The molecule has 0 spiro atoms. The third kappa shape index (κ3) is 2.85. The fraction of sp³-hybridized carbons (Fsp3) is 0.600. The molecule has 90 valence electrons. The zero-order valence-electron chi connectivity index (χ0n) is 10.7. The lowest BCUT2D eigenvalue weighted by Crippen LogP contribution is -2.35. The zero-order valence-corrected chi connectivity index (χ0v) is 10.7. The van der Waals surface area contributed by atoms with Gasteiger partial charge in [-0.3, -0.25) is 0 Å². The summed E-state index contributed by atoms with van der Waals surface area (Å²) in [5, 5.41) is 10.2. The van der Waals surface area contributed by atoms with Gasteiger partial charge in [-0.25, -0.2) is 0 Å². The predicted molar refractivity (Wildman–Crippen MR) is 69.5 cm³/mol. The highest BCUT2D eigenvalue weighted by atomic mass is 16.3. The monoisotopic (exact) mass is 220 g/mol. The Bertz CT molecular complexity index is 288. The van der Waals surface area contributed by atoms with E-state index in [-0.39, 0.29) is 11.5 Å². The van der Waals surface area contributed by atoms with Crippen LogP contribution in [0.5, 0.6) is 0 Å². The Labute approximate surface area is 99.5 Å². The molecule has 1 aromatic rings. The molecule has 0 heterocycles. The Morgan fingerprint density at radius 2 is 1.62 bits per heavy atom. The topological polar surface area (TPSA) is 20.2 Å². The molecule has 1 aromatic carbocycles. The van der Waals surface area contributed by atoms with E-state index in [2.05, 4.69) is 45.0 Å². The normalized spacial score (nSPS) is 13.8. The van der Waals surface area contributed by atoms with Gasteiger partial charge in [0, 0.05) is 0 Å². The highest BCUT2D eigenvalue weighted by Gasteiger charge is 2.33. The molecule has 0 saturated heterocycles. The van der Waals surface area contributed by atoms with Gasteiger partial charge in [0.2, 0.25) is 0 Å². The Kier molecular flexibility index (Phi) is 5.01. The van der Waals surface area contributed by atoms with Crippen LogP contribution in [0.4, 0.5) is 0 Å². The van der Waals surface area contributed by atoms with Crippen LogP contribution in [0.3, 0.4) is 0 Å². The molecule has 16 heavy (non-hydrogen) atoms. The van der Waals surface area contributed by atoms with Gasteiger partial charge in [0.15, 0.2) is 0 Å². The molecule has 0 bridgehead atoms. The van der Waals surface area contributed by atoms with Crippen molar-refractivity contribution in [3.63, 3.8) is 0 Å². The van der Waals surface area contributed by atoms with Gasteiger partial charge >= 0.3 is 0 Å². The van der Waals surface area contributed by atoms with Crippen molar-refractivity contribution in [2.45, 2.75) is 52.6 Å². The molecule has 0 radical (unpaired) electrons. The Morgan fingerprint density at radius 3 is 2.06 bits per heavy atom. The van der Waals surface area contributed by atoms with Crippen molar-refractivity contribution >= 4 is 0 Å².